The molecule has 0 saturated heterocycles. The van der Waals surface area contributed by atoms with Crippen molar-refractivity contribution in [3.05, 3.63) is 83.6 Å². The topological polar surface area (TPSA) is 62.3 Å². The third-order valence-electron chi connectivity index (χ3n) is 4.87. The first-order chi connectivity index (χ1) is 13.0. The summed E-state index contributed by atoms with van der Waals surface area (Å²) in [7, 11) is -3.65. The zero-order chi connectivity index (χ0) is 18.9. The summed E-state index contributed by atoms with van der Waals surface area (Å²) in [6, 6.07) is 19.0. The first-order valence-corrected chi connectivity index (χ1v) is 10.4. The minimum Gasteiger partial charge on any atom is -0.366 e. The summed E-state index contributed by atoms with van der Waals surface area (Å²) in [5, 5.41) is 0. The molecule has 0 spiro atoms. The second-order valence-corrected chi connectivity index (χ2v) is 8.36. The molecular formula is C21H21N3O2S. The number of sulfonamides is 1. The number of fused-ring (bicyclic) bond motifs is 1. The Balaban J connectivity index is 1.51. The molecule has 27 heavy (non-hydrogen) atoms. The van der Waals surface area contributed by atoms with Gasteiger partial charge in [0.05, 0.1) is 16.8 Å². The number of rotatable bonds is 4. The number of hydrogen-bond acceptors (Lipinski definition) is 4. The van der Waals surface area contributed by atoms with Crippen molar-refractivity contribution in [1.29, 1.82) is 0 Å². The van der Waals surface area contributed by atoms with Crippen molar-refractivity contribution in [2.24, 2.45) is 0 Å². The van der Waals surface area contributed by atoms with Crippen molar-refractivity contribution in [2.45, 2.75) is 24.8 Å². The van der Waals surface area contributed by atoms with Crippen LogP contribution in [0.3, 0.4) is 0 Å². The fourth-order valence-electron chi connectivity index (χ4n) is 3.40. The fourth-order valence-corrected chi connectivity index (χ4v) is 4.66. The van der Waals surface area contributed by atoms with E-state index in [2.05, 4.69) is 38.9 Å². The van der Waals surface area contributed by atoms with Gasteiger partial charge in [0, 0.05) is 13.1 Å². The van der Waals surface area contributed by atoms with Crippen LogP contribution < -0.4 is 9.62 Å². The number of anilines is 2. The van der Waals surface area contributed by atoms with Gasteiger partial charge in [-0.2, -0.15) is 0 Å². The lowest BCUT2D eigenvalue weighted by atomic mass is 10.00. The largest absolute Gasteiger partial charge is 0.366 e. The molecule has 6 heteroatoms. The predicted molar refractivity (Wildman–Crippen MR) is 107 cm³/mol. The Kier molecular flexibility index (Phi) is 4.58. The summed E-state index contributed by atoms with van der Waals surface area (Å²) in [6.45, 7) is 3.54. The quantitative estimate of drug-likeness (QED) is 0.750. The number of nitrogens with one attached hydrogen (secondary N) is 1. The second-order valence-electron chi connectivity index (χ2n) is 6.71. The van der Waals surface area contributed by atoms with Crippen LogP contribution in [0.1, 0.15) is 16.7 Å². The van der Waals surface area contributed by atoms with Crippen LogP contribution in [0.2, 0.25) is 0 Å². The van der Waals surface area contributed by atoms with Gasteiger partial charge in [-0.1, -0.05) is 42.5 Å². The monoisotopic (exact) mass is 379 g/mol. The van der Waals surface area contributed by atoms with Crippen molar-refractivity contribution < 1.29 is 8.42 Å². The van der Waals surface area contributed by atoms with Crippen LogP contribution in [-0.4, -0.2) is 19.9 Å². The number of aromatic nitrogens is 1. The summed E-state index contributed by atoms with van der Waals surface area (Å²) in [5.74, 6) is 0.319. The van der Waals surface area contributed by atoms with Gasteiger partial charge in [-0.3, -0.25) is 4.72 Å². The van der Waals surface area contributed by atoms with Crippen LogP contribution in [0, 0.1) is 6.92 Å². The average molecular weight is 379 g/mol. The zero-order valence-electron chi connectivity index (χ0n) is 15.1. The maximum Gasteiger partial charge on any atom is 0.263 e. The van der Waals surface area contributed by atoms with E-state index < -0.39 is 10.0 Å². The summed E-state index contributed by atoms with van der Waals surface area (Å²) in [5.41, 5.74) is 4.41. The first-order valence-electron chi connectivity index (χ1n) is 8.89. The molecule has 0 amide bonds. The van der Waals surface area contributed by atoms with Gasteiger partial charge in [-0.15, -0.1) is 0 Å². The maximum atomic E-state index is 12.6. The summed E-state index contributed by atoms with van der Waals surface area (Å²) in [4.78, 5) is 6.84. The fraction of sp³-hybridized carbons (Fsp3) is 0.190. The van der Waals surface area contributed by atoms with E-state index in [0.29, 0.717) is 11.4 Å². The molecule has 0 fully saturated rings. The minimum atomic E-state index is -3.65. The molecule has 1 aliphatic rings. The highest BCUT2D eigenvalue weighted by atomic mass is 32.2. The SMILES string of the molecule is Cc1ccccc1S(=O)(=O)Nc1ccc(N2CCc3ccccc3C2)cn1. The van der Waals surface area contributed by atoms with Crippen molar-refractivity contribution in [3.63, 3.8) is 0 Å². The maximum absolute atomic E-state index is 12.6. The van der Waals surface area contributed by atoms with E-state index >= 15 is 0 Å². The Hall–Kier alpha value is -2.86. The second kappa shape index (κ2) is 7.04. The van der Waals surface area contributed by atoms with Crippen molar-refractivity contribution in [2.75, 3.05) is 16.2 Å². The number of nitrogens with zero attached hydrogens (tertiary/aromatic N) is 2. The van der Waals surface area contributed by atoms with E-state index in [9.17, 15) is 8.42 Å². The molecule has 1 aromatic heterocycles. The third-order valence-corrected chi connectivity index (χ3v) is 6.38. The van der Waals surface area contributed by atoms with Crippen LogP contribution in [0.15, 0.2) is 71.8 Å². The molecule has 3 aromatic rings. The van der Waals surface area contributed by atoms with Crippen LogP contribution in [0.5, 0.6) is 0 Å². The van der Waals surface area contributed by atoms with Crippen molar-refractivity contribution in [3.8, 4) is 0 Å². The van der Waals surface area contributed by atoms with E-state index in [4.69, 9.17) is 0 Å². The molecule has 2 heterocycles. The van der Waals surface area contributed by atoms with Gasteiger partial charge >= 0.3 is 0 Å². The summed E-state index contributed by atoms with van der Waals surface area (Å²) < 4.78 is 27.7. The smallest absolute Gasteiger partial charge is 0.263 e. The number of hydrogen-bond donors (Lipinski definition) is 1. The molecule has 1 aliphatic heterocycles. The molecule has 0 atom stereocenters. The van der Waals surface area contributed by atoms with Gasteiger partial charge in [0.1, 0.15) is 5.82 Å². The summed E-state index contributed by atoms with van der Waals surface area (Å²) in [6.07, 6.45) is 2.72. The van der Waals surface area contributed by atoms with E-state index in [-0.39, 0.29) is 4.90 Å². The van der Waals surface area contributed by atoms with Gasteiger partial charge in [0.25, 0.3) is 10.0 Å². The first kappa shape index (κ1) is 17.5. The van der Waals surface area contributed by atoms with Crippen LogP contribution in [-0.2, 0) is 23.0 Å². The lowest BCUT2D eigenvalue weighted by Crippen LogP contribution is -2.30. The third kappa shape index (κ3) is 3.66. The van der Waals surface area contributed by atoms with Gasteiger partial charge < -0.3 is 4.90 Å². The van der Waals surface area contributed by atoms with Gasteiger partial charge in [0.2, 0.25) is 0 Å². The van der Waals surface area contributed by atoms with E-state index in [1.165, 1.54) is 11.1 Å². The molecule has 0 radical (unpaired) electrons. The highest BCUT2D eigenvalue weighted by Gasteiger charge is 2.19. The Bertz CT molecular complexity index is 1060. The van der Waals surface area contributed by atoms with Crippen molar-refractivity contribution >= 4 is 21.5 Å². The Morgan fingerprint density at radius 1 is 0.963 bits per heavy atom. The van der Waals surface area contributed by atoms with Crippen LogP contribution >= 0.6 is 0 Å². The summed E-state index contributed by atoms with van der Waals surface area (Å²) >= 11 is 0. The molecule has 0 unspecified atom stereocenters. The van der Waals surface area contributed by atoms with E-state index in [1.54, 1.807) is 37.4 Å². The average Bonchev–Trinajstić information content (AvgIpc) is 2.68. The molecule has 138 valence electrons. The Morgan fingerprint density at radius 2 is 1.70 bits per heavy atom. The standard InChI is InChI=1S/C21H21N3O2S/c1-16-6-2-5-9-20(16)27(25,26)23-21-11-10-19(14-22-21)24-13-12-17-7-3-4-8-18(17)15-24/h2-11,14H,12-13,15H2,1H3,(H,22,23). The van der Waals surface area contributed by atoms with Crippen LogP contribution in [0.4, 0.5) is 11.5 Å². The molecule has 0 saturated carbocycles. The number of pyridine rings is 1. The van der Waals surface area contributed by atoms with Gasteiger partial charge in [-0.05, 0) is 48.2 Å². The molecule has 1 N–H and O–H groups in total. The molecular weight excluding hydrogens is 358 g/mol. The zero-order valence-corrected chi connectivity index (χ0v) is 15.9. The highest BCUT2D eigenvalue weighted by Crippen LogP contribution is 2.25. The Labute approximate surface area is 159 Å². The van der Waals surface area contributed by atoms with Crippen LogP contribution in [0.25, 0.3) is 0 Å². The lowest BCUT2D eigenvalue weighted by molar-refractivity contribution is 0.600. The molecule has 0 bridgehead atoms. The lowest BCUT2D eigenvalue weighted by Gasteiger charge is -2.30. The predicted octanol–water partition coefficient (Wildman–Crippen LogP) is 3.75. The Morgan fingerprint density at radius 3 is 2.44 bits per heavy atom. The van der Waals surface area contributed by atoms with E-state index in [0.717, 1.165) is 25.2 Å². The highest BCUT2D eigenvalue weighted by molar-refractivity contribution is 7.92. The molecule has 5 nitrogen and oxygen atoms in total. The van der Waals surface area contributed by atoms with Gasteiger partial charge in [-0.25, -0.2) is 13.4 Å². The number of benzene rings is 2. The molecule has 4 rings (SSSR count). The van der Waals surface area contributed by atoms with E-state index in [1.807, 2.05) is 12.1 Å². The molecule has 0 aliphatic carbocycles. The van der Waals surface area contributed by atoms with Crippen molar-refractivity contribution in [1.82, 2.24) is 4.98 Å². The number of aryl methyl sites for hydroxylation is 1. The normalized spacial score (nSPS) is 13.9. The molecule has 2 aromatic carbocycles. The van der Waals surface area contributed by atoms with Gasteiger partial charge in [0.15, 0.2) is 0 Å². The minimum absolute atomic E-state index is 0.267.